The molecule has 8 nitrogen and oxygen atoms in total. The molecule has 0 unspecified atom stereocenters. The number of hydrogen-bond acceptors (Lipinski definition) is 7. The van der Waals surface area contributed by atoms with Crippen molar-refractivity contribution in [3.05, 3.63) is 58.4 Å². The van der Waals surface area contributed by atoms with Gasteiger partial charge in [-0.05, 0) is 24.3 Å². The fourth-order valence-electron chi connectivity index (χ4n) is 3.05. The van der Waals surface area contributed by atoms with Crippen molar-refractivity contribution in [2.24, 2.45) is 0 Å². The summed E-state index contributed by atoms with van der Waals surface area (Å²) in [5.74, 6) is -0.594. The van der Waals surface area contributed by atoms with Gasteiger partial charge >= 0.3 is 0 Å². The Morgan fingerprint density at radius 3 is 2.54 bits per heavy atom. The summed E-state index contributed by atoms with van der Waals surface area (Å²) in [5, 5.41) is 11.6. The number of hydrogen-bond donors (Lipinski definition) is 0. The molecule has 0 radical (unpaired) electrons. The molecule has 1 aliphatic rings. The second-order valence-corrected chi connectivity index (χ2v) is 9.20. The van der Waals surface area contributed by atoms with Gasteiger partial charge < -0.3 is 4.90 Å². The predicted molar refractivity (Wildman–Crippen MR) is 104 cm³/mol. The van der Waals surface area contributed by atoms with Crippen molar-refractivity contribution in [2.75, 3.05) is 31.1 Å². The summed E-state index contributed by atoms with van der Waals surface area (Å²) in [6, 6.07) is 9.48. The SMILES string of the molecule is O=[N+]([O-])c1ccc2nc(N3CCN(S(=O)(=O)c4cccc(F)c4)CC3)sc2c1. The van der Waals surface area contributed by atoms with E-state index >= 15 is 0 Å². The van der Waals surface area contributed by atoms with Gasteiger partial charge in [0, 0.05) is 38.3 Å². The van der Waals surface area contributed by atoms with E-state index < -0.39 is 20.8 Å². The van der Waals surface area contributed by atoms with Crippen molar-refractivity contribution in [3.8, 4) is 0 Å². The standard InChI is InChI=1S/C17H15FN4O4S2/c18-12-2-1-3-14(10-12)28(25,26)21-8-6-20(7-9-21)17-19-15-5-4-13(22(23)24)11-16(15)27-17/h1-5,10-11H,6-9H2. The van der Waals surface area contributed by atoms with E-state index in [9.17, 15) is 22.9 Å². The van der Waals surface area contributed by atoms with Crippen LogP contribution in [0.15, 0.2) is 47.4 Å². The van der Waals surface area contributed by atoms with Gasteiger partial charge in [0.2, 0.25) is 10.0 Å². The summed E-state index contributed by atoms with van der Waals surface area (Å²) in [6.07, 6.45) is 0. The number of nitrogens with zero attached hydrogens (tertiary/aromatic N) is 4. The first-order valence-electron chi connectivity index (χ1n) is 8.40. The average molecular weight is 422 g/mol. The van der Waals surface area contributed by atoms with E-state index in [0.29, 0.717) is 28.4 Å². The summed E-state index contributed by atoms with van der Waals surface area (Å²) in [6.45, 7) is 1.34. The fourth-order valence-corrected chi connectivity index (χ4v) is 5.55. The molecule has 1 saturated heterocycles. The summed E-state index contributed by atoms with van der Waals surface area (Å²) in [7, 11) is -3.76. The zero-order chi connectivity index (χ0) is 19.9. The Bertz CT molecular complexity index is 1160. The largest absolute Gasteiger partial charge is 0.345 e. The second kappa shape index (κ2) is 7.08. The minimum Gasteiger partial charge on any atom is -0.345 e. The molecule has 4 rings (SSSR count). The van der Waals surface area contributed by atoms with Crippen LogP contribution in [0.4, 0.5) is 15.2 Å². The average Bonchev–Trinajstić information content (AvgIpc) is 3.11. The lowest BCUT2D eigenvalue weighted by Crippen LogP contribution is -2.48. The second-order valence-electron chi connectivity index (χ2n) is 6.25. The van der Waals surface area contributed by atoms with Gasteiger partial charge in [-0.3, -0.25) is 10.1 Å². The Labute approximate surface area is 164 Å². The first kappa shape index (κ1) is 18.7. The zero-order valence-corrected chi connectivity index (χ0v) is 16.1. The molecule has 0 aliphatic carbocycles. The number of thiazole rings is 1. The molecule has 1 aliphatic heterocycles. The Kier molecular flexibility index (Phi) is 4.73. The van der Waals surface area contributed by atoms with E-state index in [4.69, 9.17) is 0 Å². The minimum atomic E-state index is -3.76. The molecule has 0 spiro atoms. The summed E-state index contributed by atoms with van der Waals surface area (Å²) < 4.78 is 40.8. The lowest BCUT2D eigenvalue weighted by atomic mass is 10.3. The first-order chi connectivity index (χ1) is 13.3. The number of nitro benzene ring substituents is 1. The maximum atomic E-state index is 13.4. The Morgan fingerprint density at radius 2 is 1.86 bits per heavy atom. The Balaban J connectivity index is 1.51. The summed E-state index contributed by atoms with van der Waals surface area (Å²) in [4.78, 5) is 16.9. The molecule has 2 heterocycles. The molecule has 146 valence electrons. The molecule has 0 amide bonds. The molecule has 0 saturated carbocycles. The molecular weight excluding hydrogens is 407 g/mol. The lowest BCUT2D eigenvalue weighted by molar-refractivity contribution is -0.384. The number of nitro groups is 1. The highest BCUT2D eigenvalue weighted by Gasteiger charge is 2.29. The van der Waals surface area contributed by atoms with Gasteiger partial charge in [0.05, 0.1) is 20.0 Å². The quantitative estimate of drug-likeness (QED) is 0.474. The number of aromatic nitrogens is 1. The number of halogens is 1. The van der Waals surface area contributed by atoms with Gasteiger partial charge in [-0.2, -0.15) is 4.31 Å². The van der Waals surface area contributed by atoms with Crippen LogP contribution in [-0.2, 0) is 10.0 Å². The van der Waals surface area contributed by atoms with Crippen molar-refractivity contribution < 1.29 is 17.7 Å². The van der Waals surface area contributed by atoms with Gasteiger partial charge in [0.25, 0.3) is 5.69 Å². The van der Waals surface area contributed by atoms with E-state index in [-0.39, 0.29) is 23.7 Å². The molecule has 2 aromatic carbocycles. The highest BCUT2D eigenvalue weighted by Crippen LogP contribution is 2.32. The number of piperazine rings is 1. The molecule has 28 heavy (non-hydrogen) atoms. The van der Waals surface area contributed by atoms with E-state index in [1.165, 1.54) is 46.0 Å². The highest BCUT2D eigenvalue weighted by atomic mass is 32.2. The van der Waals surface area contributed by atoms with Crippen LogP contribution in [0.5, 0.6) is 0 Å². The Hall–Kier alpha value is -2.63. The summed E-state index contributed by atoms with van der Waals surface area (Å²) in [5.41, 5.74) is 0.675. The molecule has 0 bridgehead atoms. The molecule has 1 fully saturated rings. The van der Waals surface area contributed by atoms with Gasteiger partial charge in [0.1, 0.15) is 5.82 Å². The molecule has 1 aromatic heterocycles. The van der Waals surface area contributed by atoms with Crippen LogP contribution in [0.3, 0.4) is 0 Å². The van der Waals surface area contributed by atoms with Crippen LogP contribution in [0.2, 0.25) is 0 Å². The number of benzene rings is 2. The number of sulfonamides is 1. The number of anilines is 1. The molecule has 11 heteroatoms. The fraction of sp³-hybridized carbons (Fsp3) is 0.235. The van der Waals surface area contributed by atoms with Crippen LogP contribution in [0, 0.1) is 15.9 Å². The maximum absolute atomic E-state index is 13.4. The van der Waals surface area contributed by atoms with Crippen molar-refractivity contribution >= 4 is 42.4 Å². The molecular formula is C17H15FN4O4S2. The van der Waals surface area contributed by atoms with Crippen LogP contribution in [0.1, 0.15) is 0 Å². The van der Waals surface area contributed by atoms with Gasteiger partial charge in [0.15, 0.2) is 5.13 Å². The van der Waals surface area contributed by atoms with Crippen LogP contribution < -0.4 is 4.90 Å². The van der Waals surface area contributed by atoms with Crippen molar-refractivity contribution in [1.29, 1.82) is 0 Å². The van der Waals surface area contributed by atoms with E-state index in [1.807, 2.05) is 4.90 Å². The first-order valence-corrected chi connectivity index (χ1v) is 10.7. The monoisotopic (exact) mass is 422 g/mol. The topological polar surface area (TPSA) is 96.7 Å². The van der Waals surface area contributed by atoms with Crippen molar-refractivity contribution in [2.45, 2.75) is 4.90 Å². The maximum Gasteiger partial charge on any atom is 0.270 e. The van der Waals surface area contributed by atoms with Crippen molar-refractivity contribution in [3.63, 3.8) is 0 Å². The van der Waals surface area contributed by atoms with Crippen LogP contribution in [-0.4, -0.2) is 48.8 Å². The van der Waals surface area contributed by atoms with E-state index in [0.717, 1.165) is 6.07 Å². The normalized spacial score (nSPS) is 15.8. The number of non-ortho nitro benzene ring substituents is 1. The number of fused-ring (bicyclic) bond motifs is 1. The minimum absolute atomic E-state index is 0.00806. The predicted octanol–water partition coefficient (Wildman–Crippen LogP) is 2.85. The third kappa shape index (κ3) is 3.43. The molecule has 0 N–H and O–H groups in total. The summed E-state index contributed by atoms with van der Waals surface area (Å²) >= 11 is 1.34. The van der Waals surface area contributed by atoms with Crippen molar-refractivity contribution in [1.82, 2.24) is 9.29 Å². The third-order valence-corrected chi connectivity index (χ3v) is 7.49. The van der Waals surface area contributed by atoms with Crippen LogP contribution in [0.25, 0.3) is 10.2 Å². The van der Waals surface area contributed by atoms with Gasteiger partial charge in [-0.15, -0.1) is 0 Å². The molecule has 0 atom stereocenters. The highest BCUT2D eigenvalue weighted by molar-refractivity contribution is 7.89. The third-order valence-electron chi connectivity index (χ3n) is 4.51. The molecule has 3 aromatic rings. The van der Waals surface area contributed by atoms with Gasteiger partial charge in [-0.25, -0.2) is 17.8 Å². The van der Waals surface area contributed by atoms with E-state index in [2.05, 4.69) is 4.98 Å². The Morgan fingerprint density at radius 1 is 1.11 bits per heavy atom. The van der Waals surface area contributed by atoms with E-state index in [1.54, 1.807) is 6.07 Å². The lowest BCUT2D eigenvalue weighted by Gasteiger charge is -2.33. The van der Waals surface area contributed by atoms with Crippen LogP contribution >= 0.6 is 11.3 Å². The van der Waals surface area contributed by atoms with Gasteiger partial charge in [-0.1, -0.05) is 17.4 Å². The smallest absolute Gasteiger partial charge is 0.270 e. The zero-order valence-electron chi connectivity index (χ0n) is 14.5. The number of rotatable bonds is 4.